The van der Waals surface area contributed by atoms with Gasteiger partial charge >= 0.3 is 0 Å². The fraction of sp³-hybridized carbons (Fsp3) is 0.714. The lowest BCUT2D eigenvalue weighted by molar-refractivity contribution is -0.133. The van der Waals surface area contributed by atoms with Gasteiger partial charge in [-0.1, -0.05) is 25.0 Å². The first-order chi connectivity index (χ1) is 12.7. The van der Waals surface area contributed by atoms with E-state index in [9.17, 15) is 4.79 Å². The number of carbonyl (C=O) groups is 1. The summed E-state index contributed by atoms with van der Waals surface area (Å²) in [5, 5.41) is 4.70. The molecule has 0 saturated heterocycles. The SMILES string of the molecule is COC[C@H]1CN(C(=O)C[C@@H]2C=CCC2)Cc2cnn(CC3CCCC3)c21. The summed E-state index contributed by atoms with van der Waals surface area (Å²) in [4.78, 5) is 14.9. The number of nitrogens with zero attached hydrogens (tertiary/aromatic N) is 3. The van der Waals surface area contributed by atoms with Crippen molar-refractivity contribution in [3.8, 4) is 0 Å². The number of rotatable bonds is 6. The van der Waals surface area contributed by atoms with Gasteiger partial charge in [-0.2, -0.15) is 5.10 Å². The maximum absolute atomic E-state index is 12.8. The molecule has 1 aromatic rings. The molecule has 0 aromatic carbocycles. The standard InChI is InChI=1S/C21H31N3O2/c1-26-15-19-14-23(20(25)10-16-6-2-3-7-16)13-18-11-22-24(21(18)19)12-17-8-4-5-9-17/h2,6,11,16-17,19H,3-5,7-10,12-15H2,1H3/t16-,19-/m1/s1. The Bertz CT molecular complexity index is 660. The molecule has 3 aliphatic rings. The molecule has 5 heteroatoms. The largest absolute Gasteiger partial charge is 0.384 e. The minimum atomic E-state index is 0.232. The summed E-state index contributed by atoms with van der Waals surface area (Å²) >= 11 is 0. The van der Waals surface area contributed by atoms with Gasteiger partial charge in [0.25, 0.3) is 0 Å². The first-order valence-electron chi connectivity index (χ1n) is 10.2. The highest BCUT2D eigenvalue weighted by Crippen LogP contribution is 2.33. The molecule has 2 aliphatic carbocycles. The molecule has 5 nitrogen and oxygen atoms in total. The van der Waals surface area contributed by atoms with E-state index in [4.69, 9.17) is 9.84 Å². The van der Waals surface area contributed by atoms with Crippen molar-refractivity contribution >= 4 is 5.91 Å². The van der Waals surface area contributed by atoms with Gasteiger partial charge in [0.05, 0.1) is 18.5 Å². The zero-order valence-corrected chi connectivity index (χ0v) is 15.9. The molecule has 142 valence electrons. The fourth-order valence-corrected chi connectivity index (χ4v) is 4.98. The van der Waals surface area contributed by atoms with Crippen molar-refractivity contribution in [2.45, 2.75) is 64.0 Å². The highest BCUT2D eigenvalue weighted by atomic mass is 16.5. The zero-order chi connectivity index (χ0) is 17.9. The monoisotopic (exact) mass is 357 g/mol. The topological polar surface area (TPSA) is 47.4 Å². The van der Waals surface area contributed by atoms with Crippen LogP contribution in [-0.2, 0) is 22.6 Å². The van der Waals surface area contributed by atoms with Crippen LogP contribution in [0.3, 0.4) is 0 Å². The molecule has 2 atom stereocenters. The van der Waals surface area contributed by atoms with E-state index in [1.165, 1.54) is 36.9 Å². The molecule has 0 spiro atoms. The second-order valence-corrected chi connectivity index (χ2v) is 8.28. The molecule has 1 saturated carbocycles. The summed E-state index contributed by atoms with van der Waals surface area (Å²) in [6.07, 6.45) is 14.6. The average Bonchev–Trinajstić information content (AvgIpc) is 3.38. The Kier molecular flexibility index (Phi) is 5.44. The highest BCUT2D eigenvalue weighted by molar-refractivity contribution is 5.77. The highest BCUT2D eigenvalue weighted by Gasteiger charge is 2.33. The van der Waals surface area contributed by atoms with Crippen molar-refractivity contribution < 1.29 is 9.53 Å². The number of fused-ring (bicyclic) bond motifs is 1. The van der Waals surface area contributed by atoms with Crippen molar-refractivity contribution in [3.63, 3.8) is 0 Å². The maximum atomic E-state index is 12.8. The van der Waals surface area contributed by atoms with Crippen molar-refractivity contribution in [1.82, 2.24) is 14.7 Å². The molecule has 26 heavy (non-hydrogen) atoms. The number of methoxy groups -OCH3 is 1. The molecule has 0 bridgehead atoms. The van der Waals surface area contributed by atoms with Gasteiger partial charge in [0, 0.05) is 44.6 Å². The summed E-state index contributed by atoms with van der Waals surface area (Å²) in [7, 11) is 1.75. The van der Waals surface area contributed by atoms with Gasteiger partial charge in [-0.05, 0) is 37.5 Å². The van der Waals surface area contributed by atoms with Crippen LogP contribution in [0.1, 0.15) is 62.1 Å². The number of allylic oxidation sites excluding steroid dienone is 2. The Labute approximate surface area is 156 Å². The number of aromatic nitrogens is 2. The van der Waals surface area contributed by atoms with Crippen molar-refractivity contribution in [2.24, 2.45) is 11.8 Å². The first-order valence-corrected chi connectivity index (χ1v) is 10.2. The van der Waals surface area contributed by atoms with Crippen LogP contribution in [0.2, 0.25) is 0 Å². The van der Waals surface area contributed by atoms with E-state index in [2.05, 4.69) is 16.8 Å². The Morgan fingerprint density at radius 2 is 2.15 bits per heavy atom. The second-order valence-electron chi connectivity index (χ2n) is 8.28. The Morgan fingerprint density at radius 1 is 1.31 bits per heavy atom. The van der Waals surface area contributed by atoms with E-state index >= 15 is 0 Å². The van der Waals surface area contributed by atoms with E-state index in [0.29, 0.717) is 25.5 Å². The molecule has 0 unspecified atom stereocenters. The summed E-state index contributed by atoms with van der Waals surface area (Å²) in [5.74, 6) is 1.69. The van der Waals surface area contributed by atoms with Gasteiger partial charge in [0.15, 0.2) is 0 Å². The van der Waals surface area contributed by atoms with E-state index in [1.807, 2.05) is 11.1 Å². The van der Waals surface area contributed by atoms with E-state index < -0.39 is 0 Å². The van der Waals surface area contributed by atoms with Crippen LogP contribution < -0.4 is 0 Å². The van der Waals surface area contributed by atoms with Gasteiger partial charge in [0.1, 0.15) is 0 Å². The molecular formula is C21H31N3O2. The molecule has 1 fully saturated rings. The van der Waals surface area contributed by atoms with Gasteiger partial charge < -0.3 is 9.64 Å². The summed E-state index contributed by atoms with van der Waals surface area (Å²) in [5.41, 5.74) is 2.52. The molecular weight excluding hydrogens is 326 g/mol. The number of ether oxygens (including phenoxy) is 1. The predicted octanol–water partition coefficient (Wildman–Crippen LogP) is 3.50. The minimum absolute atomic E-state index is 0.232. The van der Waals surface area contributed by atoms with Crippen LogP contribution in [-0.4, -0.2) is 40.8 Å². The Morgan fingerprint density at radius 3 is 2.88 bits per heavy atom. The quantitative estimate of drug-likeness (QED) is 0.732. The zero-order valence-electron chi connectivity index (χ0n) is 15.9. The predicted molar refractivity (Wildman–Crippen MR) is 101 cm³/mol. The van der Waals surface area contributed by atoms with Gasteiger partial charge in [-0.15, -0.1) is 0 Å². The van der Waals surface area contributed by atoms with Crippen molar-refractivity contribution in [2.75, 3.05) is 20.3 Å². The van der Waals surface area contributed by atoms with Crippen LogP contribution in [0.4, 0.5) is 0 Å². The van der Waals surface area contributed by atoms with Crippen LogP contribution in [0.5, 0.6) is 0 Å². The normalized spacial score (nSPS) is 25.8. The third-order valence-corrected chi connectivity index (χ3v) is 6.32. The summed E-state index contributed by atoms with van der Waals surface area (Å²) < 4.78 is 7.72. The maximum Gasteiger partial charge on any atom is 0.223 e. The lowest BCUT2D eigenvalue weighted by Crippen LogP contribution is -2.40. The molecule has 2 heterocycles. The molecule has 1 aromatic heterocycles. The average molecular weight is 357 g/mol. The van der Waals surface area contributed by atoms with E-state index in [0.717, 1.165) is 31.8 Å². The van der Waals surface area contributed by atoms with E-state index in [1.54, 1.807) is 7.11 Å². The van der Waals surface area contributed by atoms with Crippen LogP contribution >= 0.6 is 0 Å². The minimum Gasteiger partial charge on any atom is -0.384 e. The van der Waals surface area contributed by atoms with Gasteiger partial charge in [0.2, 0.25) is 5.91 Å². The number of hydrogen-bond acceptors (Lipinski definition) is 3. The second kappa shape index (κ2) is 7.95. The smallest absolute Gasteiger partial charge is 0.223 e. The summed E-state index contributed by atoms with van der Waals surface area (Å²) in [6, 6.07) is 0. The van der Waals surface area contributed by atoms with Crippen molar-refractivity contribution in [3.05, 3.63) is 29.6 Å². The third-order valence-electron chi connectivity index (χ3n) is 6.32. The van der Waals surface area contributed by atoms with Gasteiger partial charge in [-0.3, -0.25) is 9.48 Å². The van der Waals surface area contributed by atoms with Crippen LogP contribution in [0, 0.1) is 11.8 Å². The lowest BCUT2D eigenvalue weighted by Gasteiger charge is -2.34. The lowest BCUT2D eigenvalue weighted by atomic mass is 9.95. The Hall–Kier alpha value is -1.62. The van der Waals surface area contributed by atoms with E-state index in [-0.39, 0.29) is 11.8 Å². The molecule has 1 amide bonds. The molecule has 4 rings (SSSR count). The number of hydrogen-bond donors (Lipinski definition) is 0. The van der Waals surface area contributed by atoms with Gasteiger partial charge in [-0.25, -0.2) is 0 Å². The molecule has 0 radical (unpaired) electrons. The molecule has 1 aliphatic heterocycles. The van der Waals surface area contributed by atoms with Crippen LogP contribution in [0.15, 0.2) is 18.3 Å². The third kappa shape index (κ3) is 3.73. The fourth-order valence-electron chi connectivity index (χ4n) is 4.98. The summed E-state index contributed by atoms with van der Waals surface area (Å²) in [6.45, 7) is 3.13. The number of amides is 1. The number of carbonyl (C=O) groups excluding carboxylic acids is 1. The Balaban J connectivity index is 1.48. The first kappa shape index (κ1) is 17.8. The molecule has 0 N–H and O–H groups in total. The van der Waals surface area contributed by atoms with Crippen LogP contribution in [0.25, 0.3) is 0 Å². The van der Waals surface area contributed by atoms with Crippen molar-refractivity contribution in [1.29, 1.82) is 0 Å².